The fourth-order valence-corrected chi connectivity index (χ4v) is 2.61. The van der Waals surface area contributed by atoms with Crippen molar-refractivity contribution in [2.24, 2.45) is 0 Å². The molecule has 2 amide bonds. The second-order valence-electron chi connectivity index (χ2n) is 6.14. The van der Waals surface area contributed by atoms with Gasteiger partial charge in [-0.2, -0.15) is 0 Å². The largest absolute Gasteiger partial charge is 0.340 e. The Morgan fingerprint density at radius 3 is 2.47 bits per heavy atom. The van der Waals surface area contributed by atoms with E-state index in [1.54, 1.807) is 53.6 Å². The fourth-order valence-electron chi connectivity index (χ4n) is 2.61. The number of carbonyl (C=O) groups excluding carboxylic acids is 1. The van der Waals surface area contributed by atoms with Crippen molar-refractivity contribution < 1.29 is 13.6 Å². The van der Waals surface area contributed by atoms with Crippen LogP contribution < -0.4 is 16.0 Å². The summed E-state index contributed by atoms with van der Waals surface area (Å²) in [7, 11) is 0. The molecule has 4 rings (SSSR count). The number of aromatic nitrogens is 4. The lowest BCUT2D eigenvalue weighted by Crippen LogP contribution is -2.20. The minimum absolute atomic E-state index is 0.121. The smallest absolute Gasteiger partial charge is 0.323 e. The SMILES string of the molecule is O=C(Nc1ccc(Nc2cc(-n3ccnc3)ncn2)cc1)Nc1ccc(F)cc1F. The summed E-state index contributed by atoms with van der Waals surface area (Å²) in [6.45, 7) is 0. The van der Waals surface area contributed by atoms with Gasteiger partial charge in [-0.15, -0.1) is 0 Å². The summed E-state index contributed by atoms with van der Waals surface area (Å²) >= 11 is 0. The van der Waals surface area contributed by atoms with Gasteiger partial charge in [0.15, 0.2) is 0 Å². The number of nitrogens with zero attached hydrogens (tertiary/aromatic N) is 4. The maximum absolute atomic E-state index is 13.6. The number of rotatable bonds is 5. The Labute approximate surface area is 169 Å². The second-order valence-corrected chi connectivity index (χ2v) is 6.14. The molecule has 0 spiro atoms. The van der Waals surface area contributed by atoms with Gasteiger partial charge in [0.05, 0.1) is 5.69 Å². The molecule has 0 saturated carbocycles. The molecule has 8 nitrogen and oxygen atoms in total. The maximum atomic E-state index is 13.6. The summed E-state index contributed by atoms with van der Waals surface area (Å²) in [5.74, 6) is -0.334. The summed E-state index contributed by atoms with van der Waals surface area (Å²) in [5.41, 5.74) is 1.10. The average Bonchev–Trinajstić information content (AvgIpc) is 3.27. The van der Waals surface area contributed by atoms with Crippen molar-refractivity contribution in [1.29, 1.82) is 0 Å². The Kier molecular flexibility index (Phi) is 5.29. The van der Waals surface area contributed by atoms with Gasteiger partial charge in [-0.1, -0.05) is 0 Å². The van der Waals surface area contributed by atoms with Gasteiger partial charge in [0.1, 0.15) is 35.9 Å². The minimum Gasteiger partial charge on any atom is -0.340 e. The van der Waals surface area contributed by atoms with E-state index in [0.717, 1.165) is 17.8 Å². The topological polar surface area (TPSA) is 96.8 Å². The van der Waals surface area contributed by atoms with E-state index in [0.29, 0.717) is 23.4 Å². The van der Waals surface area contributed by atoms with Gasteiger partial charge < -0.3 is 16.0 Å². The number of benzene rings is 2. The van der Waals surface area contributed by atoms with Crippen LogP contribution in [-0.4, -0.2) is 25.6 Å². The third-order valence-corrected chi connectivity index (χ3v) is 4.02. The highest BCUT2D eigenvalue weighted by molar-refractivity contribution is 5.99. The van der Waals surface area contributed by atoms with Crippen LogP contribution in [0.2, 0.25) is 0 Å². The lowest BCUT2D eigenvalue weighted by atomic mass is 10.2. The van der Waals surface area contributed by atoms with E-state index < -0.39 is 17.7 Å². The number of amides is 2. The first-order valence-electron chi connectivity index (χ1n) is 8.77. The van der Waals surface area contributed by atoms with Gasteiger partial charge in [-0.3, -0.25) is 4.57 Å². The zero-order valence-corrected chi connectivity index (χ0v) is 15.4. The minimum atomic E-state index is -0.857. The third-order valence-electron chi connectivity index (χ3n) is 4.02. The molecule has 0 bridgehead atoms. The molecule has 2 heterocycles. The molecule has 2 aromatic heterocycles. The highest BCUT2D eigenvalue weighted by atomic mass is 19.1. The van der Waals surface area contributed by atoms with E-state index in [9.17, 15) is 13.6 Å². The molecule has 4 aromatic rings. The van der Waals surface area contributed by atoms with Gasteiger partial charge in [0.2, 0.25) is 0 Å². The summed E-state index contributed by atoms with van der Waals surface area (Å²) < 4.78 is 28.3. The fraction of sp³-hybridized carbons (Fsp3) is 0. The summed E-state index contributed by atoms with van der Waals surface area (Å²) in [6, 6.07) is 10.8. The van der Waals surface area contributed by atoms with Crippen LogP contribution in [-0.2, 0) is 0 Å². The summed E-state index contributed by atoms with van der Waals surface area (Å²) in [5, 5.41) is 8.05. The van der Waals surface area contributed by atoms with Gasteiger partial charge in [-0.05, 0) is 36.4 Å². The van der Waals surface area contributed by atoms with E-state index in [-0.39, 0.29) is 5.69 Å². The molecule has 0 aliphatic rings. The van der Waals surface area contributed by atoms with Gasteiger partial charge in [0.25, 0.3) is 0 Å². The Bertz CT molecular complexity index is 1160. The second kappa shape index (κ2) is 8.35. The van der Waals surface area contributed by atoms with Crippen molar-refractivity contribution in [2.45, 2.75) is 0 Å². The van der Waals surface area contributed by atoms with Gasteiger partial charge >= 0.3 is 6.03 Å². The van der Waals surface area contributed by atoms with Gasteiger partial charge in [0, 0.05) is 35.9 Å². The molecule has 0 atom stereocenters. The van der Waals surface area contributed by atoms with Crippen LogP contribution in [0.4, 0.5) is 36.5 Å². The molecular formula is C20H15F2N7O. The third kappa shape index (κ3) is 4.55. The molecule has 10 heteroatoms. The quantitative estimate of drug-likeness (QED) is 0.458. The van der Waals surface area contributed by atoms with E-state index in [2.05, 4.69) is 30.9 Å². The summed E-state index contributed by atoms with van der Waals surface area (Å²) in [4.78, 5) is 24.4. The van der Waals surface area contributed by atoms with Crippen molar-refractivity contribution in [3.05, 3.63) is 85.2 Å². The van der Waals surface area contributed by atoms with Crippen LogP contribution in [0.25, 0.3) is 5.82 Å². The Morgan fingerprint density at radius 2 is 1.73 bits per heavy atom. The first-order valence-corrected chi connectivity index (χ1v) is 8.77. The van der Waals surface area contributed by atoms with Crippen LogP contribution in [0.5, 0.6) is 0 Å². The lowest BCUT2D eigenvalue weighted by molar-refractivity contribution is 0.262. The molecule has 3 N–H and O–H groups in total. The number of anilines is 4. The molecule has 0 radical (unpaired) electrons. The van der Waals surface area contributed by atoms with E-state index in [1.165, 1.54) is 6.33 Å². The molecule has 30 heavy (non-hydrogen) atoms. The van der Waals surface area contributed by atoms with E-state index in [4.69, 9.17) is 0 Å². The molecule has 0 aliphatic carbocycles. The molecule has 0 unspecified atom stereocenters. The van der Waals surface area contributed by atoms with Crippen molar-refractivity contribution >= 4 is 28.9 Å². The van der Waals surface area contributed by atoms with Crippen molar-refractivity contribution in [3.8, 4) is 5.82 Å². The van der Waals surface area contributed by atoms with Crippen LogP contribution in [0.3, 0.4) is 0 Å². The number of imidazole rings is 1. The first-order chi connectivity index (χ1) is 14.6. The van der Waals surface area contributed by atoms with Crippen LogP contribution in [0.15, 0.2) is 73.6 Å². The lowest BCUT2D eigenvalue weighted by Gasteiger charge is -2.10. The van der Waals surface area contributed by atoms with E-state index in [1.807, 2.05) is 0 Å². The Balaban J connectivity index is 1.38. The molecule has 0 fully saturated rings. The highest BCUT2D eigenvalue weighted by Gasteiger charge is 2.08. The predicted octanol–water partition coefficient (Wildman–Crippen LogP) is 4.33. The average molecular weight is 407 g/mol. The molecule has 0 saturated heterocycles. The summed E-state index contributed by atoms with van der Waals surface area (Å²) in [6.07, 6.45) is 6.50. The number of hydrogen-bond acceptors (Lipinski definition) is 5. The molecule has 0 aliphatic heterocycles. The van der Waals surface area contributed by atoms with Crippen molar-refractivity contribution in [1.82, 2.24) is 19.5 Å². The highest BCUT2D eigenvalue weighted by Crippen LogP contribution is 2.19. The number of urea groups is 1. The first kappa shape index (κ1) is 19.0. The van der Waals surface area contributed by atoms with Gasteiger partial charge in [-0.25, -0.2) is 28.5 Å². The van der Waals surface area contributed by atoms with Crippen molar-refractivity contribution in [2.75, 3.05) is 16.0 Å². The number of nitrogens with one attached hydrogen (secondary N) is 3. The van der Waals surface area contributed by atoms with Crippen LogP contribution in [0, 0.1) is 11.6 Å². The number of halogens is 2. The zero-order chi connectivity index (χ0) is 20.9. The molecular weight excluding hydrogens is 392 g/mol. The number of hydrogen-bond donors (Lipinski definition) is 3. The van der Waals surface area contributed by atoms with E-state index >= 15 is 0 Å². The van der Waals surface area contributed by atoms with Crippen LogP contribution in [0.1, 0.15) is 0 Å². The normalized spacial score (nSPS) is 10.5. The molecule has 150 valence electrons. The monoisotopic (exact) mass is 407 g/mol. The Hall–Kier alpha value is -4.34. The zero-order valence-electron chi connectivity index (χ0n) is 15.4. The number of carbonyl (C=O) groups is 1. The van der Waals surface area contributed by atoms with Crippen molar-refractivity contribution in [3.63, 3.8) is 0 Å². The predicted molar refractivity (Wildman–Crippen MR) is 108 cm³/mol. The standard InChI is InChI=1S/C20H15F2N7O/c21-13-1-6-17(16(22)9-13)28-20(30)27-15-4-2-14(3-5-15)26-18-10-19(25-11-24-18)29-8-7-23-12-29/h1-12H,(H,24,25,26)(H2,27,28,30). The van der Waals surface area contributed by atoms with Crippen LogP contribution >= 0.6 is 0 Å². The Morgan fingerprint density at radius 1 is 0.933 bits per heavy atom. The molecule has 2 aromatic carbocycles. The maximum Gasteiger partial charge on any atom is 0.323 e.